The Morgan fingerprint density at radius 2 is 1.31 bits per heavy atom. The van der Waals surface area contributed by atoms with Gasteiger partial charge < -0.3 is 5.11 Å². The number of phenolic OH excluding ortho intramolecular Hbond substituents is 1. The predicted molar refractivity (Wildman–Crippen MR) is 252 cm³/mol. The van der Waals surface area contributed by atoms with Crippen molar-refractivity contribution in [2.24, 2.45) is 0 Å². The fourth-order valence-corrected chi connectivity index (χ4v) is 7.52. The quantitative estimate of drug-likeness (QED) is 0.169. The first-order valence-corrected chi connectivity index (χ1v) is 20.0. The summed E-state index contributed by atoms with van der Waals surface area (Å²) < 4.78 is 112. The minimum absolute atomic E-state index is 0. The summed E-state index contributed by atoms with van der Waals surface area (Å²) in [6.45, 7) is 5.13. The first-order valence-electron chi connectivity index (χ1n) is 26.5. The van der Waals surface area contributed by atoms with Gasteiger partial charge in [0.2, 0.25) is 0 Å². The van der Waals surface area contributed by atoms with Crippen molar-refractivity contribution < 1.29 is 44.0 Å². The Morgan fingerprint density at radius 3 is 2.00 bits per heavy atom. The van der Waals surface area contributed by atoms with Crippen molar-refractivity contribution in [1.29, 1.82) is 0 Å². The van der Waals surface area contributed by atoms with E-state index >= 15 is 0 Å². The van der Waals surface area contributed by atoms with Gasteiger partial charge in [-0.05, 0) is 105 Å². The molecule has 0 saturated heterocycles. The van der Waals surface area contributed by atoms with Crippen molar-refractivity contribution in [3.8, 4) is 67.5 Å². The van der Waals surface area contributed by atoms with Crippen LogP contribution in [-0.4, -0.2) is 19.6 Å². The molecule has 2 heterocycles. The van der Waals surface area contributed by atoms with Crippen LogP contribution in [-0.2, 0) is 37.3 Å². The Balaban J connectivity index is 0.00000800. The molecule has 0 radical (unpaired) electrons. The molecule has 5 heteroatoms. The maximum absolute atomic E-state index is 11.8. The minimum Gasteiger partial charge on any atom is -0.507 e. The molecule has 6 aromatic carbocycles. The molecule has 8 rings (SSSR count). The first-order chi connectivity index (χ1) is 33.8. The topological polar surface area (TPSA) is 50.9 Å². The number of pyridine rings is 1. The Hall–Kier alpha value is -5.57. The van der Waals surface area contributed by atoms with Crippen LogP contribution < -0.4 is 0 Å². The van der Waals surface area contributed by atoms with Crippen molar-refractivity contribution in [2.45, 2.75) is 92.2 Å². The molecule has 4 nitrogen and oxygen atoms in total. The van der Waals surface area contributed by atoms with Crippen LogP contribution in [0.4, 0.5) is 0 Å². The zero-order valence-corrected chi connectivity index (χ0v) is 37.8. The molecular weight excluding hydrogens is 926 g/mol. The van der Waals surface area contributed by atoms with Crippen molar-refractivity contribution in [3.63, 3.8) is 0 Å². The average Bonchev–Trinajstić information content (AvgIpc) is 3.69. The molecular formula is C56H56N3OPt-. The fraction of sp³-hybridized carbons (Fsp3) is 0.250. The Morgan fingerprint density at radius 1 is 0.623 bits per heavy atom. The largest absolute Gasteiger partial charge is 0.507 e. The van der Waals surface area contributed by atoms with E-state index in [0.717, 1.165) is 44.6 Å². The molecule has 0 spiro atoms. The standard InChI is InChI=1S/C56H56N3O.Pt/c1-35-26-36(2)52(60)48(27-35)53-58-51-47(18-15-19-50(51)59(53)46-32-40(37-16-13-12-14-17-37)29-45(34-46)56(9,10)11)41-28-42(31-44(30-41)55(6,7)8)49-33-39(24-25-57-49)38-20-22-43(23-21-38)54(3,4)5;/h12-27,29-34,60H,1-11H3;/q-1;/i3D3,4D3,5D3,20D,21D,22D,23D;. The van der Waals surface area contributed by atoms with Gasteiger partial charge in [0.15, 0.2) is 0 Å². The van der Waals surface area contributed by atoms with E-state index in [4.69, 9.17) is 22.8 Å². The maximum atomic E-state index is 11.8. The molecule has 61 heavy (non-hydrogen) atoms. The van der Waals surface area contributed by atoms with Crippen LogP contribution in [0, 0.1) is 19.9 Å². The zero-order chi connectivity index (χ0) is 53.7. The zero-order valence-electron chi connectivity index (χ0n) is 48.5. The van der Waals surface area contributed by atoms with Crippen LogP contribution in [0.1, 0.15) is 108 Å². The van der Waals surface area contributed by atoms with Crippen molar-refractivity contribution in [2.75, 3.05) is 0 Å². The normalized spacial score (nSPS) is 15.8. The molecule has 0 aliphatic heterocycles. The van der Waals surface area contributed by atoms with Crippen LogP contribution >= 0.6 is 0 Å². The van der Waals surface area contributed by atoms with Gasteiger partial charge in [-0.3, -0.25) is 9.55 Å². The second-order valence-corrected chi connectivity index (χ2v) is 17.7. The second kappa shape index (κ2) is 16.4. The summed E-state index contributed by atoms with van der Waals surface area (Å²) in [6, 6.07) is 33.2. The fourth-order valence-electron chi connectivity index (χ4n) is 7.52. The number of rotatable bonds is 6. The summed E-state index contributed by atoms with van der Waals surface area (Å²) in [5.74, 6) is 0.634. The molecule has 8 aromatic rings. The third-order valence-electron chi connectivity index (χ3n) is 10.9. The maximum Gasteiger partial charge on any atom is 0.148 e. The summed E-state index contributed by atoms with van der Waals surface area (Å²) >= 11 is 0. The number of para-hydroxylation sites is 1. The van der Waals surface area contributed by atoms with Crippen LogP contribution in [0.25, 0.3) is 72.7 Å². The van der Waals surface area contributed by atoms with Gasteiger partial charge in [0.05, 0.1) is 22.1 Å². The number of imidazole rings is 1. The van der Waals surface area contributed by atoms with E-state index in [2.05, 4.69) is 87.5 Å². The number of hydrogen-bond acceptors (Lipinski definition) is 3. The van der Waals surface area contributed by atoms with Gasteiger partial charge in [0, 0.05) is 51.0 Å². The Kier molecular flexibility index (Phi) is 7.95. The van der Waals surface area contributed by atoms with E-state index in [1.165, 1.54) is 12.3 Å². The van der Waals surface area contributed by atoms with E-state index in [1.807, 2.05) is 74.5 Å². The first kappa shape index (κ1) is 29.6. The summed E-state index contributed by atoms with van der Waals surface area (Å²) in [7, 11) is 0. The molecule has 0 aliphatic rings. The third-order valence-corrected chi connectivity index (χ3v) is 10.9. The van der Waals surface area contributed by atoms with E-state index in [-0.39, 0.29) is 43.4 Å². The van der Waals surface area contributed by atoms with Crippen molar-refractivity contribution >= 4 is 11.0 Å². The van der Waals surface area contributed by atoms with Gasteiger partial charge in [-0.25, -0.2) is 4.98 Å². The minimum atomic E-state index is -3.81. The summed E-state index contributed by atoms with van der Waals surface area (Å²) in [5.41, 5.74) is 4.82. The molecule has 0 amide bonds. The predicted octanol–water partition coefficient (Wildman–Crippen LogP) is 14.8. The molecule has 312 valence electrons. The van der Waals surface area contributed by atoms with E-state index in [9.17, 15) is 5.11 Å². The molecule has 0 saturated carbocycles. The molecule has 0 atom stereocenters. The number of aromatic nitrogens is 3. The third kappa shape index (κ3) is 8.79. The number of fused-ring (bicyclic) bond motifs is 1. The van der Waals surface area contributed by atoms with Crippen LogP contribution in [0.3, 0.4) is 0 Å². The smallest absolute Gasteiger partial charge is 0.148 e. The Bertz CT molecular complexity index is 3410. The van der Waals surface area contributed by atoms with Crippen molar-refractivity contribution in [3.05, 3.63) is 167 Å². The number of nitrogens with zero attached hydrogens (tertiary/aromatic N) is 3. The van der Waals surface area contributed by atoms with Gasteiger partial charge >= 0.3 is 0 Å². The van der Waals surface area contributed by atoms with Gasteiger partial charge in [-0.2, -0.15) is 0 Å². The Labute approximate surface area is 395 Å². The molecule has 1 N–H and O–H groups in total. The number of aromatic hydroxyl groups is 1. The van der Waals surface area contributed by atoms with E-state index in [0.29, 0.717) is 39.3 Å². The number of benzene rings is 6. The molecule has 0 fully saturated rings. The molecule has 0 aliphatic carbocycles. The van der Waals surface area contributed by atoms with Gasteiger partial charge in [0.25, 0.3) is 0 Å². The number of phenols is 1. The SMILES string of the molecule is [2H]c1c([2H])c(C(C([2H])([2H])[2H])(C([2H])([2H])[2H])C([2H])([2H])[2H])c([2H])c([2H])c1-c1ccnc(-c2[c-]c(-c3cccc4c3nc(-c3cc(C)cc(C)c3O)n4-c3cc(-c4ccccc4)cc(C(C)(C)C)c3)cc(C(C)(C)C)c2)c1.[Pt]. The molecule has 0 bridgehead atoms. The van der Waals surface area contributed by atoms with Crippen molar-refractivity contribution in [1.82, 2.24) is 14.5 Å². The summed E-state index contributed by atoms with van der Waals surface area (Å²) in [4.78, 5) is 10.1. The number of hydrogen-bond donors (Lipinski definition) is 1. The van der Waals surface area contributed by atoms with Crippen LogP contribution in [0.15, 0.2) is 133 Å². The van der Waals surface area contributed by atoms with Gasteiger partial charge in [-0.1, -0.05) is 158 Å². The molecule has 0 unspecified atom stereocenters. The average molecular weight is 995 g/mol. The summed E-state index contributed by atoms with van der Waals surface area (Å²) in [5, 5.41) is 11.8. The molecule has 2 aromatic heterocycles. The van der Waals surface area contributed by atoms with E-state index in [1.54, 1.807) is 6.07 Å². The van der Waals surface area contributed by atoms with Crippen LogP contribution in [0.2, 0.25) is 0 Å². The second-order valence-electron chi connectivity index (χ2n) is 17.7. The van der Waals surface area contributed by atoms with Gasteiger partial charge in [0.1, 0.15) is 11.6 Å². The number of aryl methyl sites for hydroxylation is 2. The van der Waals surface area contributed by atoms with E-state index < -0.39 is 61.1 Å². The van der Waals surface area contributed by atoms with Gasteiger partial charge in [-0.15, -0.1) is 29.3 Å². The monoisotopic (exact) mass is 994 g/mol. The van der Waals surface area contributed by atoms with Crippen LogP contribution in [0.5, 0.6) is 5.75 Å². The summed E-state index contributed by atoms with van der Waals surface area (Å²) in [6.07, 6.45) is 1.42.